The van der Waals surface area contributed by atoms with Crippen LogP contribution in [0.3, 0.4) is 0 Å². The van der Waals surface area contributed by atoms with E-state index in [0.717, 1.165) is 19.1 Å². The van der Waals surface area contributed by atoms with Crippen molar-refractivity contribution in [3.63, 3.8) is 0 Å². The molecule has 2 aromatic rings. The quantitative estimate of drug-likeness (QED) is 0.425. The van der Waals surface area contributed by atoms with Crippen LogP contribution in [0.5, 0.6) is 5.75 Å². The van der Waals surface area contributed by atoms with Crippen LogP contribution in [-0.2, 0) is 19.4 Å². The Morgan fingerprint density at radius 2 is 2.03 bits per heavy atom. The van der Waals surface area contributed by atoms with Crippen LogP contribution in [0.4, 0.5) is 17.3 Å². The summed E-state index contributed by atoms with van der Waals surface area (Å²) in [6.07, 6.45) is 3.70. The van der Waals surface area contributed by atoms with Gasteiger partial charge in [-0.25, -0.2) is 13.4 Å². The van der Waals surface area contributed by atoms with Gasteiger partial charge in [0.25, 0.3) is 5.91 Å². The van der Waals surface area contributed by atoms with Gasteiger partial charge in [-0.1, -0.05) is 0 Å². The summed E-state index contributed by atoms with van der Waals surface area (Å²) in [5.41, 5.74) is -0.578. The molecule has 2 aromatic heterocycles. The zero-order valence-electron chi connectivity index (χ0n) is 20.3. The van der Waals surface area contributed by atoms with Gasteiger partial charge in [-0.3, -0.25) is 9.59 Å². The van der Waals surface area contributed by atoms with Gasteiger partial charge in [0.15, 0.2) is 21.3 Å². The number of sulfone groups is 1. The lowest BCUT2D eigenvalue weighted by Gasteiger charge is -2.14. The van der Waals surface area contributed by atoms with Crippen molar-refractivity contribution in [2.24, 2.45) is 5.92 Å². The van der Waals surface area contributed by atoms with Crippen molar-refractivity contribution in [2.45, 2.75) is 17.7 Å². The van der Waals surface area contributed by atoms with Gasteiger partial charge in [-0.15, -0.1) is 10.2 Å². The minimum absolute atomic E-state index is 0.0183. The van der Waals surface area contributed by atoms with Gasteiger partial charge >= 0.3 is 0 Å². The molecule has 0 saturated heterocycles. The highest BCUT2D eigenvalue weighted by atomic mass is 32.2. The molecule has 0 bridgehead atoms. The molecule has 1 aliphatic rings. The lowest BCUT2D eigenvalue weighted by molar-refractivity contribution is -0.117. The van der Waals surface area contributed by atoms with Crippen LogP contribution in [0.2, 0.25) is 0 Å². The number of anilines is 3. The van der Waals surface area contributed by atoms with E-state index in [1.807, 2.05) is 0 Å². The van der Waals surface area contributed by atoms with Gasteiger partial charge in [0.05, 0.1) is 18.5 Å². The third-order valence-corrected chi connectivity index (χ3v) is 5.47. The molecule has 1 aliphatic carbocycles. The second-order valence-corrected chi connectivity index (χ2v) is 8.95. The minimum atomic E-state index is -3.83. The Morgan fingerprint density at radius 3 is 2.69 bits per heavy atom. The van der Waals surface area contributed by atoms with Crippen LogP contribution < -0.4 is 20.7 Å². The van der Waals surface area contributed by atoms with Crippen LogP contribution in [0.1, 0.15) is 27.4 Å². The highest BCUT2D eigenvalue weighted by molar-refractivity contribution is 7.90. The summed E-state index contributed by atoms with van der Waals surface area (Å²) in [4.78, 5) is 28.5. The summed E-state index contributed by atoms with van der Waals surface area (Å²) < 4.78 is 57.0. The van der Waals surface area contributed by atoms with Crippen molar-refractivity contribution < 1.29 is 31.6 Å². The van der Waals surface area contributed by atoms with E-state index in [9.17, 15) is 18.0 Å². The summed E-state index contributed by atoms with van der Waals surface area (Å²) in [5.74, 6) is -1.55. The number of hydrogen-bond donors (Lipinski definition) is 3. The Balaban J connectivity index is 1.99. The highest BCUT2D eigenvalue weighted by Gasteiger charge is 2.30. The van der Waals surface area contributed by atoms with E-state index in [1.54, 1.807) is 5.32 Å². The highest BCUT2D eigenvalue weighted by Crippen LogP contribution is 2.31. The number of amides is 2. The third-order valence-electron chi connectivity index (χ3n) is 4.36. The zero-order valence-corrected chi connectivity index (χ0v) is 18.2. The van der Waals surface area contributed by atoms with Gasteiger partial charge in [0, 0.05) is 42.5 Å². The average Bonchev–Trinajstić information content (AvgIpc) is 3.58. The number of carbonyl (C=O) groups excluding carboxylic acids is 2. The van der Waals surface area contributed by atoms with Gasteiger partial charge in [0.2, 0.25) is 5.91 Å². The van der Waals surface area contributed by atoms with Gasteiger partial charge in [-0.05, 0) is 12.8 Å². The van der Waals surface area contributed by atoms with Crippen LogP contribution in [-0.4, -0.2) is 69.0 Å². The van der Waals surface area contributed by atoms with Crippen LogP contribution in [0.25, 0.3) is 0 Å². The predicted molar refractivity (Wildman–Crippen MR) is 115 cm³/mol. The Kier molecular flexibility index (Phi) is 5.97. The Labute approximate surface area is 189 Å². The summed E-state index contributed by atoms with van der Waals surface area (Å²) >= 11 is 0. The molecule has 13 heteroatoms. The Morgan fingerprint density at radius 1 is 1.25 bits per heavy atom. The lowest BCUT2D eigenvalue weighted by atomic mass is 10.2. The molecule has 0 radical (unpaired) electrons. The summed E-state index contributed by atoms with van der Waals surface area (Å²) in [6.45, 7) is -2.38. The number of ether oxygens (including phenoxy) is 2. The molecule has 0 unspecified atom stereocenters. The molecule has 32 heavy (non-hydrogen) atoms. The van der Waals surface area contributed by atoms with Gasteiger partial charge in [-0.2, -0.15) is 0 Å². The standard InChI is InChI=1S/C19H24N6O6S/c1-20-19(27)16-13(9-15(24-25-16)23-18(26)11-4-5-11)22-17-14(32(3,28)29)8-12(10-21-17)31-7-6-30-2/h8-11H,4-7H2,1-3H3,(H,20,27)(H2,21,22,23,24,26)/i1D3. The monoisotopic (exact) mass is 467 g/mol. The van der Waals surface area contributed by atoms with E-state index in [4.69, 9.17) is 13.6 Å². The van der Waals surface area contributed by atoms with E-state index < -0.39 is 28.4 Å². The molecule has 172 valence electrons. The molecule has 12 nitrogen and oxygen atoms in total. The first-order chi connectivity index (χ1) is 16.4. The van der Waals surface area contributed by atoms with Crippen molar-refractivity contribution in [3.05, 3.63) is 24.0 Å². The number of aromatic nitrogens is 3. The molecule has 1 saturated carbocycles. The number of nitrogens with zero attached hydrogens (tertiary/aromatic N) is 3. The molecular weight excluding hydrogens is 440 g/mol. The molecule has 0 aliphatic heterocycles. The first-order valence-electron chi connectivity index (χ1n) is 11.0. The van der Waals surface area contributed by atoms with E-state index in [0.29, 0.717) is 0 Å². The van der Waals surface area contributed by atoms with E-state index >= 15 is 0 Å². The summed E-state index contributed by atoms with van der Waals surface area (Å²) in [5, 5.41) is 14.6. The van der Waals surface area contributed by atoms with Crippen molar-refractivity contribution in [1.82, 2.24) is 20.5 Å². The van der Waals surface area contributed by atoms with Crippen molar-refractivity contribution in [2.75, 3.05) is 44.2 Å². The van der Waals surface area contributed by atoms with Gasteiger partial charge in [0.1, 0.15) is 23.1 Å². The number of pyridine rings is 1. The predicted octanol–water partition coefficient (Wildman–Crippen LogP) is 0.752. The molecule has 2 amide bonds. The van der Waals surface area contributed by atoms with Crippen molar-refractivity contribution >= 4 is 39.0 Å². The number of hydrogen-bond acceptors (Lipinski definition) is 10. The maximum Gasteiger partial charge on any atom is 0.273 e. The third kappa shape index (κ3) is 5.88. The molecule has 0 atom stereocenters. The smallest absolute Gasteiger partial charge is 0.273 e. The first kappa shape index (κ1) is 19.4. The van der Waals surface area contributed by atoms with Crippen LogP contribution >= 0.6 is 0 Å². The van der Waals surface area contributed by atoms with E-state index in [-0.39, 0.29) is 53.0 Å². The maximum atomic E-state index is 12.5. The second-order valence-electron chi connectivity index (χ2n) is 6.97. The molecule has 3 N–H and O–H groups in total. The number of methoxy groups -OCH3 is 1. The second kappa shape index (κ2) is 9.87. The zero-order chi connectivity index (χ0) is 25.8. The SMILES string of the molecule is [2H]C([2H])([2H])NC(=O)c1nnc(NC(=O)C2CC2)cc1Nc1ncc(OCCOC)cc1S(C)(=O)=O. The maximum absolute atomic E-state index is 12.5. The number of rotatable bonds is 10. The fourth-order valence-corrected chi connectivity index (χ4v) is 3.39. The topological polar surface area (TPSA) is 162 Å². The normalized spacial score (nSPS) is 15.1. The van der Waals surface area contributed by atoms with E-state index in [2.05, 4.69) is 25.8 Å². The molecule has 0 spiro atoms. The Hall–Kier alpha value is -3.32. The van der Waals surface area contributed by atoms with Crippen molar-refractivity contribution in [3.8, 4) is 5.75 Å². The largest absolute Gasteiger partial charge is 0.490 e. The fourth-order valence-electron chi connectivity index (χ4n) is 2.60. The van der Waals surface area contributed by atoms with Crippen LogP contribution in [0, 0.1) is 5.92 Å². The summed E-state index contributed by atoms with van der Waals surface area (Å²) in [7, 11) is -2.35. The van der Waals surface area contributed by atoms with Crippen molar-refractivity contribution in [1.29, 1.82) is 0 Å². The number of carbonyl (C=O) groups is 2. The lowest BCUT2D eigenvalue weighted by Crippen LogP contribution is -2.23. The van der Waals surface area contributed by atoms with Crippen LogP contribution in [0.15, 0.2) is 23.2 Å². The first-order valence-corrected chi connectivity index (χ1v) is 11.4. The number of nitrogens with one attached hydrogen (secondary N) is 3. The minimum Gasteiger partial charge on any atom is -0.490 e. The molecule has 0 aromatic carbocycles. The fraction of sp³-hybridized carbons (Fsp3) is 0.421. The average molecular weight is 468 g/mol. The molecular formula is C19H24N6O6S. The van der Waals surface area contributed by atoms with Gasteiger partial charge < -0.3 is 25.4 Å². The molecule has 2 heterocycles. The summed E-state index contributed by atoms with van der Waals surface area (Å²) in [6, 6.07) is 2.48. The molecule has 1 fully saturated rings. The Bertz CT molecular complexity index is 1220. The molecule has 3 rings (SSSR count). The van der Waals surface area contributed by atoms with E-state index in [1.165, 1.54) is 25.4 Å².